The number of hydrogen-bond acceptors (Lipinski definition) is 3. The summed E-state index contributed by atoms with van der Waals surface area (Å²) in [5, 5.41) is 4.12. The van der Waals surface area contributed by atoms with Crippen LogP contribution in [0, 0.1) is 13.8 Å². The second kappa shape index (κ2) is 7.95. The van der Waals surface area contributed by atoms with E-state index in [1.54, 1.807) is 11.1 Å². The number of aryl methyl sites for hydroxylation is 2. The van der Waals surface area contributed by atoms with Crippen LogP contribution in [-0.2, 0) is 6.54 Å². The third-order valence-electron chi connectivity index (χ3n) is 5.82. The Balaban J connectivity index is 1.33. The van der Waals surface area contributed by atoms with E-state index in [0.29, 0.717) is 38.0 Å². The quantitative estimate of drug-likeness (QED) is 0.690. The largest absolute Gasteiger partial charge is 0.360 e. The number of halogens is 1. The van der Waals surface area contributed by atoms with E-state index >= 15 is 4.39 Å². The van der Waals surface area contributed by atoms with E-state index in [1.165, 1.54) is 0 Å². The van der Waals surface area contributed by atoms with Crippen molar-refractivity contribution in [2.75, 3.05) is 19.6 Å². The summed E-state index contributed by atoms with van der Waals surface area (Å²) >= 11 is 0. The van der Waals surface area contributed by atoms with E-state index in [-0.39, 0.29) is 12.5 Å². The van der Waals surface area contributed by atoms with Gasteiger partial charge < -0.3 is 15.2 Å². The van der Waals surface area contributed by atoms with Crippen molar-refractivity contribution in [3.05, 3.63) is 65.1 Å². The highest BCUT2D eigenvalue weighted by atomic mass is 19.1. The van der Waals surface area contributed by atoms with Crippen LogP contribution in [0.5, 0.6) is 0 Å². The molecule has 0 bridgehead atoms. The first kappa shape index (κ1) is 19.6. The average Bonchev–Trinajstić information content (AvgIpc) is 3.15. The third-order valence-corrected chi connectivity index (χ3v) is 5.82. The van der Waals surface area contributed by atoms with Crippen LogP contribution in [0.15, 0.2) is 42.7 Å². The maximum atomic E-state index is 15.2. The predicted octanol–water partition coefficient (Wildman–Crippen LogP) is 3.91. The Morgan fingerprint density at radius 1 is 1.24 bits per heavy atom. The molecule has 1 aliphatic rings. The number of amides is 1. The van der Waals surface area contributed by atoms with E-state index in [4.69, 9.17) is 0 Å². The summed E-state index contributed by atoms with van der Waals surface area (Å²) in [5.41, 5.74) is 3.48. The summed E-state index contributed by atoms with van der Waals surface area (Å²) in [4.78, 5) is 22.3. The number of fused-ring (bicyclic) bond motifs is 1. The molecule has 3 heterocycles. The number of aromatic nitrogens is 2. The fourth-order valence-corrected chi connectivity index (χ4v) is 3.96. The van der Waals surface area contributed by atoms with Gasteiger partial charge in [0.05, 0.1) is 11.3 Å². The van der Waals surface area contributed by atoms with Crippen LogP contribution in [0.4, 0.5) is 4.39 Å². The number of likely N-dealkylation sites (tertiary alicyclic amines) is 1. The number of pyridine rings is 1. The van der Waals surface area contributed by atoms with E-state index in [1.807, 2.05) is 50.4 Å². The van der Waals surface area contributed by atoms with Crippen molar-refractivity contribution in [2.24, 2.45) is 0 Å². The number of carbonyl (C=O) groups excluding carboxylic acids is 1. The van der Waals surface area contributed by atoms with Crippen LogP contribution in [-0.4, -0.2) is 46.1 Å². The lowest BCUT2D eigenvalue weighted by atomic mass is 9.92. The van der Waals surface area contributed by atoms with Crippen molar-refractivity contribution in [1.29, 1.82) is 0 Å². The van der Waals surface area contributed by atoms with Gasteiger partial charge in [-0.2, -0.15) is 0 Å². The topological polar surface area (TPSA) is 61.0 Å². The summed E-state index contributed by atoms with van der Waals surface area (Å²) in [5.74, 6) is -0.0271. The summed E-state index contributed by atoms with van der Waals surface area (Å²) in [7, 11) is 0. The third kappa shape index (κ3) is 4.17. The number of H-pyrrole nitrogens is 1. The zero-order valence-electron chi connectivity index (χ0n) is 17.0. The number of hydrogen-bond donors (Lipinski definition) is 2. The van der Waals surface area contributed by atoms with Crippen molar-refractivity contribution in [1.82, 2.24) is 20.2 Å². The van der Waals surface area contributed by atoms with Crippen LogP contribution < -0.4 is 5.32 Å². The molecule has 0 aliphatic carbocycles. The maximum Gasteiger partial charge on any atom is 0.256 e. The Hall–Kier alpha value is -2.73. The first-order chi connectivity index (χ1) is 14.0. The molecule has 3 aromatic rings. The first-order valence-corrected chi connectivity index (χ1v) is 10.1. The van der Waals surface area contributed by atoms with Gasteiger partial charge >= 0.3 is 0 Å². The Morgan fingerprint density at radius 3 is 2.76 bits per heavy atom. The van der Waals surface area contributed by atoms with Gasteiger partial charge in [0.25, 0.3) is 5.91 Å². The summed E-state index contributed by atoms with van der Waals surface area (Å²) < 4.78 is 15.2. The SMILES string of the molecule is Cc1ccc(CNCC2(F)CCN(C(=O)c3c[nH]c4c(C)cccc34)CC2)nc1. The maximum absolute atomic E-state index is 15.2. The van der Waals surface area contributed by atoms with Crippen LogP contribution in [0.25, 0.3) is 10.9 Å². The number of alkyl halides is 1. The smallest absolute Gasteiger partial charge is 0.256 e. The van der Waals surface area contributed by atoms with Crippen LogP contribution in [0.2, 0.25) is 0 Å². The van der Waals surface area contributed by atoms with Gasteiger partial charge in [0, 0.05) is 62.3 Å². The number of benzene rings is 1. The van der Waals surface area contributed by atoms with Gasteiger partial charge in [-0.1, -0.05) is 24.3 Å². The van der Waals surface area contributed by atoms with Gasteiger partial charge in [-0.25, -0.2) is 4.39 Å². The normalized spacial score (nSPS) is 16.3. The zero-order valence-corrected chi connectivity index (χ0v) is 17.0. The van der Waals surface area contributed by atoms with E-state index in [2.05, 4.69) is 15.3 Å². The number of carbonyl (C=O) groups is 1. The Morgan fingerprint density at radius 2 is 2.03 bits per heavy atom. The molecule has 0 radical (unpaired) electrons. The Kier molecular flexibility index (Phi) is 5.37. The highest BCUT2D eigenvalue weighted by Gasteiger charge is 2.36. The van der Waals surface area contributed by atoms with Crippen LogP contribution in [0.3, 0.4) is 0 Å². The molecule has 6 heteroatoms. The highest BCUT2D eigenvalue weighted by Crippen LogP contribution is 2.29. The minimum Gasteiger partial charge on any atom is -0.360 e. The van der Waals surface area contributed by atoms with Gasteiger partial charge in [0.15, 0.2) is 0 Å². The lowest BCUT2D eigenvalue weighted by Crippen LogP contribution is -2.48. The van der Waals surface area contributed by atoms with Gasteiger partial charge in [0.2, 0.25) is 0 Å². The predicted molar refractivity (Wildman–Crippen MR) is 113 cm³/mol. The molecule has 4 rings (SSSR count). The zero-order chi connectivity index (χ0) is 20.4. The second-order valence-electron chi connectivity index (χ2n) is 8.07. The Bertz CT molecular complexity index is 1000. The second-order valence-corrected chi connectivity index (χ2v) is 8.07. The molecule has 1 saturated heterocycles. The molecule has 0 atom stereocenters. The number of para-hydroxylation sites is 1. The molecule has 5 nitrogen and oxygen atoms in total. The fourth-order valence-electron chi connectivity index (χ4n) is 3.96. The van der Waals surface area contributed by atoms with Crippen molar-refractivity contribution < 1.29 is 9.18 Å². The van der Waals surface area contributed by atoms with E-state index in [9.17, 15) is 4.79 Å². The number of piperidine rings is 1. The lowest BCUT2D eigenvalue weighted by molar-refractivity contribution is 0.0436. The minimum absolute atomic E-state index is 0.0271. The molecule has 1 aromatic carbocycles. The standard InChI is InChI=1S/C23H27FN4O/c1-16-6-7-18(26-12-16)13-25-15-23(24)8-10-28(11-9-23)22(29)20-14-27-21-17(2)4-3-5-19(20)21/h3-7,12,14,25,27H,8-11,13,15H2,1-2H3. The van der Waals surface area contributed by atoms with Gasteiger partial charge in [-0.3, -0.25) is 9.78 Å². The molecular weight excluding hydrogens is 367 g/mol. The monoisotopic (exact) mass is 394 g/mol. The molecule has 2 N–H and O–H groups in total. The number of rotatable bonds is 5. The van der Waals surface area contributed by atoms with E-state index in [0.717, 1.165) is 27.7 Å². The van der Waals surface area contributed by atoms with Gasteiger partial charge in [-0.05, 0) is 31.0 Å². The fraction of sp³-hybridized carbons (Fsp3) is 0.391. The van der Waals surface area contributed by atoms with Crippen molar-refractivity contribution in [3.63, 3.8) is 0 Å². The molecule has 0 spiro atoms. The molecule has 2 aromatic heterocycles. The molecule has 1 aliphatic heterocycles. The molecular formula is C23H27FN4O. The summed E-state index contributed by atoms with van der Waals surface area (Å²) in [6.45, 7) is 5.69. The minimum atomic E-state index is -1.29. The molecule has 0 unspecified atom stereocenters. The van der Waals surface area contributed by atoms with Crippen molar-refractivity contribution in [3.8, 4) is 0 Å². The van der Waals surface area contributed by atoms with Crippen LogP contribution in [0.1, 0.15) is 40.0 Å². The first-order valence-electron chi connectivity index (χ1n) is 10.1. The Labute approximate surface area is 170 Å². The molecule has 1 fully saturated rings. The van der Waals surface area contributed by atoms with Crippen molar-refractivity contribution in [2.45, 2.75) is 38.9 Å². The average molecular weight is 394 g/mol. The molecule has 0 saturated carbocycles. The summed E-state index contributed by atoms with van der Waals surface area (Å²) in [6, 6.07) is 9.89. The number of aromatic amines is 1. The molecule has 29 heavy (non-hydrogen) atoms. The lowest BCUT2D eigenvalue weighted by Gasteiger charge is -2.36. The number of nitrogens with one attached hydrogen (secondary N) is 2. The van der Waals surface area contributed by atoms with Crippen LogP contribution >= 0.6 is 0 Å². The van der Waals surface area contributed by atoms with Gasteiger partial charge in [0.1, 0.15) is 5.67 Å². The summed E-state index contributed by atoms with van der Waals surface area (Å²) in [6.07, 6.45) is 4.27. The molecule has 1 amide bonds. The highest BCUT2D eigenvalue weighted by molar-refractivity contribution is 6.07. The number of nitrogens with zero attached hydrogens (tertiary/aromatic N) is 2. The molecule has 152 valence electrons. The van der Waals surface area contributed by atoms with Crippen molar-refractivity contribution >= 4 is 16.8 Å². The van der Waals surface area contributed by atoms with Gasteiger partial charge in [-0.15, -0.1) is 0 Å². The van der Waals surface area contributed by atoms with E-state index < -0.39 is 5.67 Å².